The lowest BCUT2D eigenvalue weighted by molar-refractivity contribution is -0.120. The van der Waals surface area contributed by atoms with Gasteiger partial charge in [-0.2, -0.15) is 0 Å². The second kappa shape index (κ2) is 9.22. The largest absolute Gasteiger partial charge is 0.355 e. The molecule has 0 radical (unpaired) electrons. The van der Waals surface area contributed by atoms with E-state index in [-0.39, 0.29) is 30.7 Å². The summed E-state index contributed by atoms with van der Waals surface area (Å²) in [5.74, 6) is -0.499. The fourth-order valence-corrected chi connectivity index (χ4v) is 2.23. The molecule has 130 valence electrons. The number of carbonyl (C=O) groups is 3. The van der Waals surface area contributed by atoms with E-state index in [0.717, 1.165) is 5.56 Å². The van der Waals surface area contributed by atoms with E-state index in [1.807, 2.05) is 30.3 Å². The summed E-state index contributed by atoms with van der Waals surface area (Å²) < 4.78 is 0. The average Bonchev–Trinajstić information content (AvgIpc) is 2.62. The molecule has 2 rings (SSSR count). The first-order valence-corrected chi connectivity index (χ1v) is 8.01. The number of hydrogen-bond donors (Lipinski definition) is 3. The molecule has 0 atom stereocenters. The lowest BCUT2D eigenvalue weighted by atomic mass is 10.1. The Hall–Kier alpha value is -3.15. The van der Waals surface area contributed by atoms with Crippen molar-refractivity contribution in [2.75, 3.05) is 18.9 Å². The first kappa shape index (κ1) is 18.2. The van der Waals surface area contributed by atoms with E-state index in [1.54, 1.807) is 31.3 Å². The van der Waals surface area contributed by atoms with Crippen LogP contribution in [0.5, 0.6) is 0 Å². The Kier molecular flexibility index (Phi) is 6.71. The van der Waals surface area contributed by atoms with Crippen LogP contribution in [0.4, 0.5) is 5.69 Å². The van der Waals surface area contributed by atoms with Crippen molar-refractivity contribution in [2.45, 2.75) is 12.8 Å². The van der Waals surface area contributed by atoms with Crippen LogP contribution in [0.15, 0.2) is 54.6 Å². The fourth-order valence-electron chi connectivity index (χ4n) is 2.23. The van der Waals surface area contributed by atoms with Crippen molar-refractivity contribution in [3.05, 3.63) is 65.7 Å². The molecule has 0 heterocycles. The Balaban J connectivity index is 1.71. The minimum Gasteiger partial charge on any atom is -0.355 e. The Morgan fingerprint density at radius 2 is 1.56 bits per heavy atom. The van der Waals surface area contributed by atoms with Gasteiger partial charge in [-0.25, -0.2) is 0 Å². The van der Waals surface area contributed by atoms with Gasteiger partial charge in [0.15, 0.2) is 0 Å². The summed E-state index contributed by atoms with van der Waals surface area (Å²) in [5, 5.41) is 7.99. The predicted molar refractivity (Wildman–Crippen MR) is 96.2 cm³/mol. The van der Waals surface area contributed by atoms with E-state index >= 15 is 0 Å². The maximum Gasteiger partial charge on any atom is 0.251 e. The molecule has 6 nitrogen and oxygen atoms in total. The van der Waals surface area contributed by atoms with Crippen molar-refractivity contribution < 1.29 is 14.4 Å². The summed E-state index contributed by atoms with van der Waals surface area (Å²) in [5.41, 5.74) is 2.06. The van der Waals surface area contributed by atoms with Gasteiger partial charge in [0.05, 0.1) is 6.42 Å². The van der Waals surface area contributed by atoms with E-state index in [9.17, 15) is 14.4 Å². The molecule has 0 spiro atoms. The van der Waals surface area contributed by atoms with Crippen LogP contribution in [0, 0.1) is 0 Å². The van der Waals surface area contributed by atoms with Gasteiger partial charge in [0.25, 0.3) is 5.91 Å². The quantitative estimate of drug-likeness (QED) is 0.718. The van der Waals surface area contributed by atoms with Crippen molar-refractivity contribution in [1.29, 1.82) is 0 Å². The van der Waals surface area contributed by atoms with Gasteiger partial charge in [0.2, 0.25) is 11.8 Å². The third kappa shape index (κ3) is 6.10. The van der Waals surface area contributed by atoms with Crippen molar-refractivity contribution in [3.63, 3.8) is 0 Å². The van der Waals surface area contributed by atoms with Crippen molar-refractivity contribution in [1.82, 2.24) is 10.6 Å². The molecule has 2 aromatic carbocycles. The molecule has 0 saturated heterocycles. The Labute approximate surface area is 146 Å². The number of nitrogens with one attached hydrogen (secondary N) is 3. The maximum atomic E-state index is 11.9. The minimum absolute atomic E-state index is 0.117. The van der Waals surface area contributed by atoms with Crippen LogP contribution >= 0.6 is 0 Å². The zero-order valence-electron chi connectivity index (χ0n) is 14.0. The molecule has 25 heavy (non-hydrogen) atoms. The number of amides is 3. The third-order valence-electron chi connectivity index (χ3n) is 3.54. The molecule has 0 fully saturated rings. The van der Waals surface area contributed by atoms with Crippen LogP contribution in [0.2, 0.25) is 0 Å². The highest BCUT2D eigenvalue weighted by molar-refractivity contribution is 5.95. The SMILES string of the molecule is CNC(=O)c1ccc(NC(=O)CCNC(=O)Cc2ccccc2)cc1. The summed E-state index contributed by atoms with van der Waals surface area (Å²) in [7, 11) is 1.56. The van der Waals surface area contributed by atoms with Crippen molar-refractivity contribution in [2.24, 2.45) is 0 Å². The Morgan fingerprint density at radius 3 is 2.20 bits per heavy atom. The highest BCUT2D eigenvalue weighted by Gasteiger charge is 2.07. The average molecular weight is 339 g/mol. The third-order valence-corrected chi connectivity index (χ3v) is 3.54. The summed E-state index contributed by atoms with van der Waals surface area (Å²) in [4.78, 5) is 35.1. The standard InChI is InChI=1S/C19H21N3O3/c1-20-19(25)15-7-9-16(10-8-15)22-17(23)11-12-21-18(24)13-14-5-3-2-4-6-14/h2-10H,11-13H2,1H3,(H,20,25)(H,21,24)(H,22,23). The van der Waals surface area contributed by atoms with E-state index < -0.39 is 0 Å². The van der Waals surface area contributed by atoms with Gasteiger partial charge in [-0.05, 0) is 29.8 Å². The van der Waals surface area contributed by atoms with Crippen molar-refractivity contribution in [3.8, 4) is 0 Å². The molecule has 3 amide bonds. The van der Waals surface area contributed by atoms with Gasteiger partial charge < -0.3 is 16.0 Å². The molecule has 6 heteroatoms. The van der Waals surface area contributed by atoms with Gasteiger partial charge >= 0.3 is 0 Å². The zero-order valence-corrected chi connectivity index (χ0v) is 14.0. The van der Waals surface area contributed by atoms with Gasteiger partial charge in [-0.1, -0.05) is 30.3 Å². The lowest BCUT2D eigenvalue weighted by Crippen LogP contribution is -2.28. The molecule has 0 bridgehead atoms. The normalized spacial score (nSPS) is 9.96. The van der Waals surface area contributed by atoms with Crippen LogP contribution in [0.25, 0.3) is 0 Å². The maximum absolute atomic E-state index is 11.9. The number of rotatable bonds is 7. The van der Waals surface area contributed by atoms with Gasteiger partial charge in [0.1, 0.15) is 0 Å². The topological polar surface area (TPSA) is 87.3 Å². The Bertz CT molecular complexity index is 727. The molecular formula is C19H21N3O3. The van der Waals surface area contributed by atoms with E-state index in [1.165, 1.54) is 0 Å². The van der Waals surface area contributed by atoms with Crippen LogP contribution in [0.3, 0.4) is 0 Å². The molecule has 3 N–H and O–H groups in total. The summed E-state index contributed by atoms with van der Waals surface area (Å²) >= 11 is 0. The highest BCUT2D eigenvalue weighted by atomic mass is 16.2. The Morgan fingerprint density at radius 1 is 0.880 bits per heavy atom. The molecular weight excluding hydrogens is 318 g/mol. The van der Waals surface area contributed by atoms with Crippen LogP contribution < -0.4 is 16.0 Å². The molecule has 0 saturated carbocycles. The number of benzene rings is 2. The highest BCUT2D eigenvalue weighted by Crippen LogP contribution is 2.09. The summed E-state index contributed by atoms with van der Waals surface area (Å²) in [6, 6.07) is 16.0. The molecule has 0 aliphatic carbocycles. The van der Waals surface area contributed by atoms with Gasteiger partial charge in [-0.3, -0.25) is 14.4 Å². The van der Waals surface area contributed by atoms with Crippen LogP contribution in [-0.4, -0.2) is 31.3 Å². The smallest absolute Gasteiger partial charge is 0.251 e. The number of hydrogen-bond acceptors (Lipinski definition) is 3. The summed E-state index contributed by atoms with van der Waals surface area (Å²) in [6.45, 7) is 0.272. The van der Waals surface area contributed by atoms with Crippen LogP contribution in [-0.2, 0) is 16.0 Å². The monoisotopic (exact) mass is 339 g/mol. The lowest BCUT2D eigenvalue weighted by Gasteiger charge is -2.07. The summed E-state index contributed by atoms with van der Waals surface area (Å²) in [6.07, 6.45) is 0.473. The second-order valence-corrected chi connectivity index (χ2v) is 5.47. The molecule has 0 aromatic heterocycles. The second-order valence-electron chi connectivity index (χ2n) is 5.47. The fraction of sp³-hybridized carbons (Fsp3) is 0.211. The first-order valence-electron chi connectivity index (χ1n) is 8.01. The minimum atomic E-state index is -0.201. The van der Waals surface area contributed by atoms with Crippen LogP contribution in [0.1, 0.15) is 22.3 Å². The van der Waals surface area contributed by atoms with Gasteiger partial charge in [0, 0.05) is 31.3 Å². The van der Waals surface area contributed by atoms with E-state index in [4.69, 9.17) is 0 Å². The molecule has 0 aliphatic rings. The number of anilines is 1. The van der Waals surface area contributed by atoms with Gasteiger partial charge in [-0.15, -0.1) is 0 Å². The van der Waals surface area contributed by atoms with Crippen molar-refractivity contribution >= 4 is 23.4 Å². The molecule has 0 aliphatic heterocycles. The molecule has 0 unspecified atom stereocenters. The molecule has 2 aromatic rings. The van der Waals surface area contributed by atoms with E-state index in [0.29, 0.717) is 17.7 Å². The zero-order chi connectivity index (χ0) is 18.1. The number of carbonyl (C=O) groups excluding carboxylic acids is 3. The van der Waals surface area contributed by atoms with E-state index in [2.05, 4.69) is 16.0 Å². The first-order chi connectivity index (χ1) is 12.1. The predicted octanol–water partition coefficient (Wildman–Crippen LogP) is 1.73.